The molecule has 0 fully saturated rings. The smallest absolute Gasteiger partial charge is 0.748 e. The molecular weight excluding hydrogens is 217 g/mol. The fraction of sp³-hybridized carbons (Fsp3) is 0.286. The molecule has 7 heteroatoms. The third kappa shape index (κ3) is 29.7. The van der Waals surface area contributed by atoms with Gasteiger partial charge in [0.05, 0.1) is 15.9 Å². The largest absolute Gasteiger partial charge is 1.00 e. The summed E-state index contributed by atoms with van der Waals surface area (Å²) in [5.74, 6) is -0.933. The second-order valence-corrected chi connectivity index (χ2v) is 3.67. The fourth-order valence-corrected chi connectivity index (χ4v) is 0.905. The molecule has 0 saturated heterocycles. The molecule has 0 saturated carbocycles. The number of primary amides is 1. The molecule has 0 bridgehead atoms. The quantitative estimate of drug-likeness (QED) is 0.238. The molecule has 0 aliphatic rings. The summed E-state index contributed by atoms with van der Waals surface area (Å²) in [4.78, 5) is 9.47. The topological polar surface area (TPSA) is 100 Å². The summed E-state index contributed by atoms with van der Waals surface area (Å²) in [5.41, 5.74) is 4.91. The second-order valence-electron chi connectivity index (χ2n) is 2.27. The number of rotatable bonds is 3. The first-order valence-electron chi connectivity index (χ1n) is 3.19. The van der Waals surface area contributed by atoms with Crippen LogP contribution < -0.4 is 35.3 Å². The Labute approximate surface area is 106 Å². The molecular formula is C7H12NNaO4S. The first-order chi connectivity index (χ1) is 5.69. The van der Waals surface area contributed by atoms with Crippen molar-refractivity contribution in [3.8, 4) is 0 Å². The average Bonchev–Trinajstić information content (AvgIpc) is 1.83. The number of nitrogens with two attached hydrogens (primary N) is 1. The maximum atomic E-state index is 9.83. The molecule has 0 unspecified atom stereocenters. The van der Waals surface area contributed by atoms with Gasteiger partial charge in [0, 0.05) is 0 Å². The Morgan fingerprint density at radius 2 is 1.86 bits per heavy atom. The van der Waals surface area contributed by atoms with E-state index in [2.05, 4.69) is 18.9 Å². The zero-order valence-corrected chi connectivity index (χ0v) is 11.1. The van der Waals surface area contributed by atoms with Gasteiger partial charge in [-0.05, 0) is 13.0 Å². The van der Waals surface area contributed by atoms with Crippen molar-refractivity contribution in [2.24, 2.45) is 5.73 Å². The van der Waals surface area contributed by atoms with Gasteiger partial charge in [-0.1, -0.05) is 18.7 Å². The van der Waals surface area contributed by atoms with E-state index < -0.39 is 21.8 Å². The summed E-state index contributed by atoms with van der Waals surface area (Å²) in [6.07, 6.45) is 1.06. The number of amides is 1. The van der Waals surface area contributed by atoms with E-state index in [1.54, 1.807) is 0 Å². The van der Waals surface area contributed by atoms with Gasteiger partial charge in [-0.15, -0.1) is 0 Å². The molecule has 0 atom stereocenters. The van der Waals surface area contributed by atoms with Crippen molar-refractivity contribution in [3.63, 3.8) is 0 Å². The molecule has 0 aromatic rings. The zero-order chi connectivity index (χ0) is 11.1. The molecule has 0 heterocycles. The van der Waals surface area contributed by atoms with E-state index >= 15 is 0 Å². The van der Waals surface area contributed by atoms with Crippen LogP contribution in [-0.4, -0.2) is 24.6 Å². The molecule has 0 radical (unpaired) electrons. The van der Waals surface area contributed by atoms with Crippen LogP contribution in [0.15, 0.2) is 24.8 Å². The van der Waals surface area contributed by atoms with Gasteiger partial charge in [0.25, 0.3) is 0 Å². The molecule has 0 rings (SSSR count). The molecule has 0 aromatic carbocycles. The van der Waals surface area contributed by atoms with E-state index in [1.807, 2.05) is 0 Å². The molecule has 0 aliphatic heterocycles. The van der Waals surface area contributed by atoms with E-state index in [9.17, 15) is 17.8 Å². The Morgan fingerprint density at radius 1 is 1.57 bits per heavy atom. The molecule has 0 aromatic heterocycles. The minimum Gasteiger partial charge on any atom is -0.748 e. The van der Waals surface area contributed by atoms with E-state index in [0.29, 0.717) is 5.57 Å². The van der Waals surface area contributed by atoms with Crippen LogP contribution in [0.5, 0.6) is 0 Å². The van der Waals surface area contributed by atoms with Crippen molar-refractivity contribution in [1.82, 2.24) is 0 Å². The first kappa shape index (κ1) is 19.4. The summed E-state index contributed by atoms with van der Waals surface area (Å²) in [6.45, 7) is 7.84. The molecule has 5 nitrogen and oxygen atoms in total. The van der Waals surface area contributed by atoms with Gasteiger partial charge in [-0.2, -0.15) is 0 Å². The van der Waals surface area contributed by atoms with Gasteiger partial charge >= 0.3 is 29.6 Å². The summed E-state index contributed by atoms with van der Waals surface area (Å²) in [6, 6.07) is 0. The van der Waals surface area contributed by atoms with E-state index in [1.165, 1.54) is 6.92 Å². The normalized spacial score (nSPS) is 8.71. The molecule has 1 amide bonds. The molecule has 2 N–H and O–H groups in total. The minimum atomic E-state index is -4.07. The Kier molecular flexibility index (Phi) is 13.1. The number of hydrogen-bond donors (Lipinski definition) is 1. The fourth-order valence-electron chi connectivity index (χ4n) is 0.302. The predicted molar refractivity (Wildman–Crippen MR) is 48.8 cm³/mol. The summed E-state index contributed by atoms with van der Waals surface area (Å²) >= 11 is 0. The zero-order valence-electron chi connectivity index (χ0n) is 8.32. The second kappa shape index (κ2) is 9.42. The maximum absolute atomic E-state index is 9.83. The van der Waals surface area contributed by atoms with Gasteiger partial charge in [0.1, 0.15) is 0 Å². The van der Waals surface area contributed by atoms with Crippen LogP contribution in [0.3, 0.4) is 0 Å². The first-order valence-corrected chi connectivity index (χ1v) is 4.76. The van der Waals surface area contributed by atoms with Crippen molar-refractivity contribution in [1.29, 1.82) is 0 Å². The van der Waals surface area contributed by atoms with Gasteiger partial charge in [-0.25, -0.2) is 8.42 Å². The standard InChI is InChI=1S/C4H8O3S.C3H5NO.Na/c1-4(2)3-8(5,6)7;1-2-3(4)5;/h1,3H2,2H3,(H,5,6,7);2H,1H2,(H2,4,5);/q;;+1/p-1. The Bertz CT molecular complexity index is 297. The monoisotopic (exact) mass is 229 g/mol. The van der Waals surface area contributed by atoms with Gasteiger partial charge in [0.15, 0.2) is 0 Å². The Morgan fingerprint density at radius 3 is 1.86 bits per heavy atom. The third-order valence-electron chi connectivity index (χ3n) is 0.624. The van der Waals surface area contributed by atoms with Crippen molar-refractivity contribution in [2.75, 3.05) is 5.75 Å². The summed E-state index contributed by atoms with van der Waals surface area (Å²) < 4.78 is 29.5. The molecule has 0 aliphatic carbocycles. The Hall–Kier alpha value is -0.140. The number of carbonyl (C=O) groups excluding carboxylic acids is 1. The predicted octanol–water partition coefficient (Wildman–Crippen LogP) is -3.23. The summed E-state index contributed by atoms with van der Waals surface area (Å²) in [5, 5.41) is 0. The van der Waals surface area contributed by atoms with Crippen LogP contribution in [0, 0.1) is 0 Å². The van der Waals surface area contributed by atoms with Crippen LogP contribution >= 0.6 is 0 Å². The van der Waals surface area contributed by atoms with Crippen LogP contribution in [0.1, 0.15) is 6.92 Å². The summed E-state index contributed by atoms with van der Waals surface area (Å²) in [7, 11) is -4.07. The maximum Gasteiger partial charge on any atom is 1.00 e. The molecule has 76 valence electrons. The SMILES string of the molecule is C=C(C)CS(=O)(=O)[O-].C=CC(N)=O.[Na+]. The van der Waals surface area contributed by atoms with Gasteiger partial charge in [0.2, 0.25) is 5.91 Å². The third-order valence-corrected chi connectivity index (χ3v) is 1.47. The van der Waals surface area contributed by atoms with Crippen molar-refractivity contribution in [3.05, 3.63) is 24.8 Å². The Balaban J connectivity index is -0.000000177. The van der Waals surface area contributed by atoms with E-state index in [-0.39, 0.29) is 29.6 Å². The number of hydrogen-bond acceptors (Lipinski definition) is 4. The minimum absolute atomic E-state index is 0. The van der Waals surface area contributed by atoms with Crippen LogP contribution in [0.25, 0.3) is 0 Å². The van der Waals surface area contributed by atoms with Gasteiger partial charge in [-0.3, -0.25) is 4.79 Å². The van der Waals surface area contributed by atoms with E-state index in [4.69, 9.17) is 0 Å². The van der Waals surface area contributed by atoms with Crippen molar-refractivity contribution >= 4 is 16.0 Å². The van der Waals surface area contributed by atoms with Crippen molar-refractivity contribution < 1.29 is 47.3 Å². The molecule has 0 spiro atoms. The van der Waals surface area contributed by atoms with E-state index in [0.717, 1.165) is 6.08 Å². The van der Waals surface area contributed by atoms with Crippen molar-refractivity contribution in [2.45, 2.75) is 6.92 Å². The van der Waals surface area contributed by atoms with Crippen LogP contribution in [0.2, 0.25) is 0 Å². The van der Waals surface area contributed by atoms with Gasteiger partial charge < -0.3 is 10.3 Å². The van der Waals surface area contributed by atoms with Crippen LogP contribution in [0.4, 0.5) is 0 Å². The molecule has 14 heavy (non-hydrogen) atoms. The average molecular weight is 229 g/mol. The number of carbonyl (C=O) groups is 1. The van der Waals surface area contributed by atoms with Crippen LogP contribution in [-0.2, 0) is 14.9 Å².